The molecule has 1 aromatic heterocycles. The molecular formula is C11H13FN2O2. The second kappa shape index (κ2) is 4.57. The van der Waals surface area contributed by atoms with E-state index < -0.39 is 5.82 Å². The number of hydrogen-bond acceptors (Lipinski definition) is 3. The highest BCUT2D eigenvalue weighted by Crippen LogP contribution is 2.18. The van der Waals surface area contributed by atoms with Gasteiger partial charge in [-0.2, -0.15) is 0 Å². The minimum atomic E-state index is -0.461. The van der Waals surface area contributed by atoms with E-state index >= 15 is 0 Å². The SMILES string of the molecule is O=C(c1ccc(F)cn1)N1CCC[C@@H]1CO. The molecule has 86 valence electrons. The van der Waals surface area contributed by atoms with Crippen LogP contribution in [0.1, 0.15) is 23.3 Å². The first-order valence-electron chi connectivity index (χ1n) is 5.26. The van der Waals surface area contributed by atoms with Crippen LogP contribution in [-0.4, -0.2) is 40.1 Å². The van der Waals surface area contributed by atoms with E-state index in [4.69, 9.17) is 5.11 Å². The topological polar surface area (TPSA) is 53.4 Å². The zero-order valence-electron chi connectivity index (χ0n) is 8.77. The standard InChI is InChI=1S/C11H13FN2O2/c12-8-3-4-10(13-6-8)11(16)14-5-1-2-9(14)7-15/h3-4,6,9,15H,1-2,5,7H2/t9-/m1/s1. The summed E-state index contributed by atoms with van der Waals surface area (Å²) in [4.78, 5) is 17.3. The van der Waals surface area contributed by atoms with E-state index in [2.05, 4.69) is 4.98 Å². The fourth-order valence-corrected chi connectivity index (χ4v) is 1.94. The molecule has 2 heterocycles. The molecular weight excluding hydrogens is 211 g/mol. The number of aliphatic hydroxyl groups excluding tert-OH is 1. The van der Waals surface area contributed by atoms with Crippen molar-refractivity contribution in [2.45, 2.75) is 18.9 Å². The van der Waals surface area contributed by atoms with Crippen molar-refractivity contribution < 1.29 is 14.3 Å². The highest BCUT2D eigenvalue weighted by molar-refractivity contribution is 5.92. The lowest BCUT2D eigenvalue weighted by Crippen LogP contribution is -2.38. The van der Waals surface area contributed by atoms with Gasteiger partial charge in [-0.15, -0.1) is 0 Å². The van der Waals surface area contributed by atoms with Crippen molar-refractivity contribution in [3.8, 4) is 0 Å². The Morgan fingerprint density at radius 2 is 2.44 bits per heavy atom. The molecule has 2 rings (SSSR count). The van der Waals surface area contributed by atoms with Gasteiger partial charge in [0.25, 0.3) is 5.91 Å². The molecule has 4 nitrogen and oxygen atoms in total. The largest absolute Gasteiger partial charge is 0.394 e. The molecule has 0 aromatic carbocycles. The second-order valence-electron chi connectivity index (χ2n) is 3.84. The first-order valence-corrected chi connectivity index (χ1v) is 5.26. The molecule has 1 aromatic rings. The van der Waals surface area contributed by atoms with Gasteiger partial charge in [0.2, 0.25) is 0 Å². The molecule has 16 heavy (non-hydrogen) atoms. The summed E-state index contributed by atoms with van der Waals surface area (Å²) >= 11 is 0. The Morgan fingerprint density at radius 3 is 3.06 bits per heavy atom. The fraction of sp³-hybridized carbons (Fsp3) is 0.455. The number of carbonyl (C=O) groups excluding carboxylic acids is 1. The number of nitrogens with zero attached hydrogens (tertiary/aromatic N) is 2. The summed E-state index contributed by atoms with van der Waals surface area (Å²) in [5.41, 5.74) is 0.224. The van der Waals surface area contributed by atoms with E-state index in [0.717, 1.165) is 19.0 Å². The highest BCUT2D eigenvalue weighted by Gasteiger charge is 2.29. The molecule has 1 aliphatic heterocycles. The Bertz CT molecular complexity index is 380. The molecule has 1 amide bonds. The van der Waals surface area contributed by atoms with E-state index in [1.165, 1.54) is 12.1 Å². The molecule has 0 unspecified atom stereocenters. The van der Waals surface area contributed by atoms with Crippen molar-refractivity contribution in [2.24, 2.45) is 0 Å². The van der Waals surface area contributed by atoms with Crippen LogP contribution in [0.3, 0.4) is 0 Å². The Kier molecular flexibility index (Phi) is 3.14. The summed E-state index contributed by atoms with van der Waals surface area (Å²) in [7, 11) is 0. The number of pyridine rings is 1. The first kappa shape index (κ1) is 11.0. The molecule has 1 atom stereocenters. The summed E-state index contributed by atoms with van der Waals surface area (Å²) in [5, 5.41) is 9.10. The number of aliphatic hydroxyl groups is 1. The van der Waals surface area contributed by atoms with Gasteiger partial charge in [-0.3, -0.25) is 4.79 Å². The zero-order chi connectivity index (χ0) is 11.5. The third-order valence-corrected chi connectivity index (χ3v) is 2.80. The number of likely N-dealkylation sites (tertiary alicyclic amines) is 1. The summed E-state index contributed by atoms with van der Waals surface area (Å²) in [6, 6.07) is 2.45. The van der Waals surface area contributed by atoms with Crippen LogP contribution in [0.2, 0.25) is 0 Å². The van der Waals surface area contributed by atoms with Gasteiger partial charge in [0.15, 0.2) is 0 Å². The summed E-state index contributed by atoms with van der Waals surface area (Å²) in [6.07, 6.45) is 2.72. The summed E-state index contributed by atoms with van der Waals surface area (Å²) in [6.45, 7) is 0.593. The average molecular weight is 224 g/mol. The highest BCUT2D eigenvalue weighted by atomic mass is 19.1. The van der Waals surface area contributed by atoms with Gasteiger partial charge in [-0.1, -0.05) is 0 Å². The number of carbonyl (C=O) groups is 1. The maximum atomic E-state index is 12.6. The van der Waals surface area contributed by atoms with Crippen molar-refractivity contribution in [2.75, 3.05) is 13.2 Å². The molecule has 5 heteroatoms. The number of aromatic nitrogens is 1. The van der Waals surface area contributed by atoms with Crippen molar-refractivity contribution in [3.63, 3.8) is 0 Å². The lowest BCUT2D eigenvalue weighted by Gasteiger charge is -2.22. The van der Waals surface area contributed by atoms with E-state index in [1.807, 2.05) is 0 Å². The lowest BCUT2D eigenvalue weighted by atomic mass is 10.2. The van der Waals surface area contributed by atoms with Gasteiger partial charge in [0, 0.05) is 6.54 Å². The van der Waals surface area contributed by atoms with Crippen molar-refractivity contribution >= 4 is 5.91 Å². The number of halogens is 1. The van der Waals surface area contributed by atoms with Crippen molar-refractivity contribution in [1.82, 2.24) is 9.88 Å². The number of amides is 1. The summed E-state index contributed by atoms with van der Waals surface area (Å²) in [5.74, 6) is -0.701. The predicted octanol–water partition coefficient (Wildman–Crippen LogP) is 0.818. The van der Waals surface area contributed by atoms with Crippen LogP contribution in [0.15, 0.2) is 18.3 Å². The van der Waals surface area contributed by atoms with Gasteiger partial charge in [-0.05, 0) is 25.0 Å². The third-order valence-electron chi connectivity index (χ3n) is 2.80. The van der Waals surface area contributed by atoms with Crippen LogP contribution in [0.5, 0.6) is 0 Å². The van der Waals surface area contributed by atoms with Crippen LogP contribution in [0.25, 0.3) is 0 Å². The first-order chi connectivity index (χ1) is 7.72. The zero-order valence-corrected chi connectivity index (χ0v) is 8.77. The normalized spacial score (nSPS) is 20.1. The van der Waals surface area contributed by atoms with E-state index in [-0.39, 0.29) is 24.2 Å². The van der Waals surface area contributed by atoms with Crippen LogP contribution in [0, 0.1) is 5.82 Å². The van der Waals surface area contributed by atoms with Crippen LogP contribution >= 0.6 is 0 Å². The van der Waals surface area contributed by atoms with Gasteiger partial charge in [-0.25, -0.2) is 9.37 Å². The maximum Gasteiger partial charge on any atom is 0.272 e. The molecule has 0 spiro atoms. The molecule has 1 aliphatic rings. The monoisotopic (exact) mass is 224 g/mol. The minimum Gasteiger partial charge on any atom is -0.394 e. The van der Waals surface area contributed by atoms with E-state index in [1.54, 1.807) is 4.90 Å². The Morgan fingerprint density at radius 1 is 1.62 bits per heavy atom. The Balaban J connectivity index is 2.15. The van der Waals surface area contributed by atoms with E-state index in [0.29, 0.717) is 6.54 Å². The van der Waals surface area contributed by atoms with Gasteiger partial charge in [0.1, 0.15) is 11.5 Å². The van der Waals surface area contributed by atoms with Crippen LogP contribution < -0.4 is 0 Å². The Labute approximate surface area is 92.7 Å². The third kappa shape index (κ3) is 2.04. The maximum absolute atomic E-state index is 12.6. The number of hydrogen-bond donors (Lipinski definition) is 1. The number of rotatable bonds is 2. The van der Waals surface area contributed by atoms with Gasteiger partial charge < -0.3 is 10.0 Å². The van der Waals surface area contributed by atoms with Crippen LogP contribution in [0.4, 0.5) is 4.39 Å². The second-order valence-corrected chi connectivity index (χ2v) is 3.84. The summed E-state index contributed by atoms with van der Waals surface area (Å²) < 4.78 is 12.6. The predicted molar refractivity (Wildman–Crippen MR) is 55.3 cm³/mol. The van der Waals surface area contributed by atoms with Crippen molar-refractivity contribution in [1.29, 1.82) is 0 Å². The average Bonchev–Trinajstić information content (AvgIpc) is 2.77. The van der Waals surface area contributed by atoms with Crippen molar-refractivity contribution in [3.05, 3.63) is 29.8 Å². The minimum absolute atomic E-state index is 0.0348. The van der Waals surface area contributed by atoms with Crippen LogP contribution in [-0.2, 0) is 0 Å². The molecule has 1 saturated heterocycles. The molecule has 1 N–H and O–H groups in total. The van der Waals surface area contributed by atoms with Gasteiger partial charge in [0.05, 0.1) is 18.8 Å². The molecule has 0 radical (unpaired) electrons. The molecule has 0 bridgehead atoms. The lowest BCUT2D eigenvalue weighted by molar-refractivity contribution is 0.0671. The van der Waals surface area contributed by atoms with E-state index in [9.17, 15) is 9.18 Å². The van der Waals surface area contributed by atoms with Gasteiger partial charge >= 0.3 is 0 Å². The molecule has 1 fully saturated rings. The smallest absolute Gasteiger partial charge is 0.272 e. The molecule has 0 saturated carbocycles. The Hall–Kier alpha value is -1.49. The quantitative estimate of drug-likeness (QED) is 0.809. The fourth-order valence-electron chi connectivity index (χ4n) is 1.94. The molecule has 0 aliphatic carbocycles.